The van der Waals surface area contributed by atoms with Crippen molar-refractivity contribution in [2.24, 2.45) is 0 Å². The number of hydrogen-bond acceptors (Lipinski definition) is 4. The maximum absolute atomic E-state index is 12.2. The van der Waals surface area contributed by atoms with Gasteiger partial charge in [0.2, 0.25) is 5.91 Å². The number of ether oxygens (including phenoxy) is 1. The number of anilines is 1. The average Bonchev–Trinajstić information content (AvgIpc) is 2.80. The molecule has 160 valence electrons. The van der Waals surface area contributed by atoms with Gasteiger partial charge in [0.1, 0.15) is 0 Å². The van der Waals surface area contributed by atoms with E-state index in [2.05, 4.69) is 39.8 Å². The van der Waals surface area contributed by atoms with Gasteiger partial charge in [-0.1, -0.05) is 42.5 Å². The standard InChI is InChI=1S/C25H33N3O2/c29-25(26-19-21-4-2-1-3-5-21)18-20-6-8-24(9-7-20)28-14-10-22(11-15-28)27-23-12-16-30-17-13-23/h1-9,22-23,27H,10-19H2,(H,26,29). The third kappa shape index (κ3) is 6.07. The molecule has 2 aromatic rings. The summed E-state index contributed by atoms with van der Waals surface area (Å²) in [4.78, 5) is 14.7. The van der Waals surface area contributed by atoms with E-state index in [0.29, 0.717) is 25.0 Å². The van der Waals surface area contributed by atoms with Gasteiger partial charge in [-0.15, -0.1) is 0 Å². The largest absolute Gasteiger partial charge is 0.381 e. The molecule has 2 fully saturated rings. The summed E-state index contributed by atoms with van der Waals surface area (Å²) in [6, 6.07) is 19.8. The van der Waals surface area contributed by atoms with Gasteiger partial charge in [0.15, 0.2) is 0 Å². The van der Waals surface area contributed by atoms with E-state index in [0.717, 1.165) is 50.3 Å². The second-order valence-electron chi connectivity index (χ2n) is 8.42. The molecule has 1 amide bonds. The number of rotatable bonds is 7. The summed E-state index contributed by atoms with van der Waals surface area (Å²) in [6.45, 7) is 4.53. The summed E-state index contributed by atoms with van der Waals surface area (Å²) >= 11 is 0. The lowest BCUT2D eigenvalue weighted by molar-refractivity contribution is -0.120. The Morgan fingerprint density at radius 1 is 0.867 bits per heavy atom. The van der Waals surface area contributed by atoms with Gasteiger partial charge >= 0.3 is 0 Å². The van der Waals surface area contributed by atoms with Crippen LogP contribution >= 0.6 is 0 Å². The first kappa shape index (κ1) is 20.9. The molecule has 4 rings (SSSR count). The second-order valence-corrected chi connectivity index (χ2v) is 8.42. The van der Waals surface area contributed by atoms with Gasteiger partial charge < -0.3 is 20.3 Å². The maximum Gasteiger partial charge on any atom is 0.224 e. The molecule has 2 aliphatic heterocycles. The van der Waals surface area contributed by atoms with Crippen molar-refractivity contribution in [3.63, 3.8) is 0 Å². The van der Waals surface area contributed by atoms with Crippen molar-refractivity contribution in [2.75, 3.05) is 31.2 Å². The van der Waals surface area contributed by atoms with E-state index < -0.39 is 0 Å². The minimum Gasteiger partial charge on any atom is -0.381 e. The van der Waals surface area contributed by atoms with Crippen LogP contribution in [0.5, 0.6) is 0 Å². The lowest BCUT2D eigenvalue weighted by Gasteiger charge is -2.36. The maximum atomic E-state index is 12.2. The lowest BCUT2D eigenvalue weighted by Crippen LogP contribution is -2.47. The highest BCUT2D eigenvalue weighted by molar-refractivity contribution is 5.78. The summed E-state index contributed by atoms with van der Waals surface area (Å²) < 4.78 is 5.46. The lowest BCUT2D eigenvalue weighted by atomic mass is 10.0. The van der Waals surface area contributed by atoms with Crippen molar-refractivity contribution in [2.45, 2.75) is 50.7 Å². The SMILES string of the molecule is O=C(Cc1ccc(N2CCC(NC3CCOCC3)CC2)cc1)NCc1ccccc1. The number of carbonyl (C=O) groups excluding carboxylic acids is 1. The fourth-order valence-corrected chi connectivity index (χ4v) is 4.37. The van der Waals surface area contributed by atoms with E-state index in [4.69, 9.17) is 4.74 Å². The number of amides is 1. The fourth-order valence-electron chi connectivity index (χ4n) is 4.37. The zero-order chi connectivity index (χ0) is 20.6. The van der Waals surface area contributed by atoms with Gasteiger partial charge in [-0.3, -0.25) is 4.79 Å². The molecule has 0 spiro atoms. The first-order chi connectivity index (χ1) is 14.8. The fraction of sp³-hybridized carbons (Fsp3) is 0.480. The van der Waals surface area contributed by atoms with E-state index in [-0.39, 0.29) is 5.91 Å². The molecule has 2 aliphatic rings. The molecule has 0 aliphatic carbocycles. The molecule has 0 aromatic heterocycles. The third-order valence-electron chi connectivity index (χ3n) is 6.19. The van der Waals surface area contributed by atoms with Gasteiger partial charge in [-0.2, -0.15) is 0 Å². The van der Waals surface area contributed by atoms with Crippen LogP contribution in [-0.4, -0.2) is 44.3 Å². The number of nitrogens with zero attached hydrogens (tertiary/aromatic N) is 1. The van der Waals surface area contributed by atoms with Crippen LogP contribution in [-0.2, 0) is 22.5 Å². The monoisotopic (exact) mass is 407 g/mol. The van der Waals surface area contributed by atoms with E-state index in [1.807, 2.05) is 30.3 Å². The Kier molecular flexibility index (Phi) is 7.38. The van der Waals surface area contributed by atoms with Gasteiger partial charge in [-0.05, 0) is 48.9 Å². The molecule has 0 atom stereocenters. The van der Waals surface area contributed by atoms with Crippen LogP contribution in [0.3, 0.4) is 0 Å². The van der Waals surface area contributed by atoms with Crippen LogP contribution in [0.4, 0.5) is 5.69 Å². The number of carbonyl (C=O) groups is 1. The van der Waals surface area contributed by atoms with Gasteiger partial charge in [-0.25, -0.2) is 0 Å². The second kappa shape index (κ2) is 10.6. The Balaban J connectivity index is 1.20. The smallest absolute Gasteiger partial charge is 0.224 e. The molecule has 0 radical (unpaired) electrons. The highest BCUT2D eigenvalue weighted by Crippen LogP contribution is 2.22. The summed E-state index contributed by atoms with van der Waals surface area (Å²) in [6.07, 6.45) is 5.06. The molecule has 0 unspecified atom stereocenters. The minimum atomic E-state index is 0.0617. The average molecular weight is 408 g/mol. The van der Waals surface area contributed by atoms with Crippen molar-refractivity contribution < 1.29 is 9.53 Å². The summed E-state index contributed by atoms with van der Waals surface area (Å²) in [5, 5.41) is 6.83. The Labute approximate surface area is 179 Å². The van der Waals surface area contributed by atoms with Crippen molar-refractivity contribution >= 4 is 11.6 Å². The topological polar surface area (TPSA) is 53.6 Å². The molecule has 0 bridgehead atoms. The Morgan fingerprint density at radius 3 is 2.23 bits per heavy atom. The van der Waals surface area contributed by atoms with Crippen molar-refractivity contribution in [1.29, 1.82) is 0 Å². The van der Waals surface area contributed by atoms with E-state index in [9.17, 15) is 4.79 Å². The molecular formula is C25H33N3O2. The number of nitrogens with one attached hydrogen (secondary N) is 2. The Morgan fingerprint density at radius 2 is 1.53 bits per heavy atom. The van der Waals surface area contributed by atoms with Crippen LogP contribution in [0.1, 0.15) is 36.8 Å². The predicted octanol–water partition coefficient (Wildman–Crippen LogP) is 3.28. The van der Waals surface area contributed by atoms with E-state index in [1.54, 1.807) is 0 Å². The molecule has 0 saturated carbocycles. The predicted molar refractivity (Wildman–Crippen MR) is 121 cm³/mol. The number of piperidine rings is 1. The van der Waals surface area contributed by atoms with Crippen LogP contribution in [0.25, 0.3) is 0 Å². The zero-order valence-corrected chi connectivity index (χ0v) is 17.7. The van der Waals surface area contributed by atoms with Gasteiger partial charge in [0.05, 0.1) is 6.42 Å². The summed E-state index contributed by atoms with van der Waals surface area (Å²) in [5.41, 5.74) is 3.43. The van der Waals surface area contributed by atoms with Crippen molar-refractivity contribution in [3.8, 4) is 0 Å². The molecule has 30 heavy (non-hydrogen) atoms. The summed E-state index contributed by atoms with van der Waals surface area (Å²) in [5.74, 6) is 0.0617. The van der Waals surface area contributed by atoms with Crippen LogP contribution in [0.2, 0.25) is 0 Å². The number of benzene rings is 2. The van der Waals surface area contributed by atoms with Crippen LogP contribution in [0, 0.1) is 0 Å². The van der Waals surface area contributed by atoms with Crippen molar-refractivity contribution in [1.82, 2.24) is 10.6 Å². The Hall–Kier alpha value is -2.37. The van der Waals surface area contributed by atoms with Crippen LogP contribution < -0.4 is 15.5 Å². The molecule has 2 N–H and O–H groups in total. The molecule has 5 nitrogen and oxygen atoms in total. The summed E-state index contributed by atoms with van der Waals surface area (Å²) in [7, 11) is 0. The minimum absolute atomic E-state index is 0.0617. The van der Waals surface area contributed by atoms with Gasteiger partial charge in [0.25, 0.3) is 0 Å². The first-order valence-corrected chi connectivity index (χ1v) is 11.2. The number of hydrogen-bond donors (Lipinski definition) is 2. The highest BCUT2D eigenvalue weighted by atomic mass is 16.5. The molecule has 2 saturated heterocycles. The molecule has 5 heteroatoms. The normalized spacial score (nSPS) is 18.3. The molecule has 2 aromatic carbocycles. The van der Waals surface area contributed by atoms with Crippen LogP contribution in [0.15, 0.2) is 54.6 Å². The van der Waals surface area contributed by atoms with Crippen molar-refractivity contribution in [3.05, 3.63) is 65.7 Å². The third-order valence-corrected chi connectivity index (χ3v) is 6.19. The molecular weight excluding hydrogens is 374 g/mol. The van der Waals surface area contributed by atoms with Gasteiger partial charge in [0, 0.05) is 50.6 Å². The molecule has 2 heterocycles. The zero-order valence-electron chi connectivity index (χ0n) is 17.7. The highest BCUT2D eigenvalue weighted by Gasteiger charge is 2.23. The van der Waals surface area contributed by atoms with E-state index >= 15 is 0 Å². The van der Waals surface area contributed by atoms with E-state index in [1.165, 1.54) is 18.5 Å². The Bertz CT molecular complexity index is 780. The quantitative estimate of drug-likeness (QED) is 0.740. The first-order valence-electron chi connectivity index (χ1n) is 11.2.